The summed E-state index contributed by atoms with van der Waals surface area (Å²) in [5.74, 6) is 1.02. The lowest BCUT2D eigenvalue weighted by Gasteiger charge is -2.47. The van der Waals surface area contributed by atoms with Gasteiger partial charge >= 0.3 is 0 Å². The largest absolute Gasteiger partial charge is 0.0654 e. The van der Waals surface area contributed by atoms with E-state index in [0.29, 0.717) is 0 Å². The second kappa shape index (κ2) is 5.02. The summed E-state index contributed by atoms with van der Waals surface area (Å²) in [5.41, 5.74) is 0.795. The number of hydrogen-bond acceptors (Lipinski definition) is 0. The topological polar surface area (TPSA) is 0 Å². The lowest BCUT2D eigenvalue weighted by molar-refractivity contribution is 0.0421. The Morgan fingerprint density at radius 1 is 1.00 bits per heavy atom. The van der Waals surface area contributed by atoms with Crippen molar-refractivity contribution in [2.24, 2.45) is 11.3 Å². The van der Waals surface area contributed by atoms with Gasteiger partial charge in [-0.25, -0.2) is 0 Å². The molecule has 0 nitrogen and oxygen atoms in total. The van der Waals surface area contributed by atoms with Crippen LogP contribution in [0.2, 0.25) is 0 Å². The summed E-state index contributed by atoms with van der Waals surface area (Å²) < 4.78 is 0. The monoisotopic (exact) mass is 182 g/mol. The molecule has 0 aliphatic heterocycles. The zero-order chi connectivity index (χ0) is 9.73. The van der Waals surface area contributed by atoms with E-state index >= 15 is 0 Å². The lowest BCUT2D eigenvalue weighted by Crippen LogP contribution is -2.35. The fraction of sp³-hybridized carbons (Fsp3) is 1.00. The maximum Gasteiger partial charge on any atom is -0.0292 e. The van der Waals surface area contributed by atoms with Gasteiger partial charge < -0.3 is 0 Å². The SMILES string of the molecule is CCCCCC1(CCC)CC(C)C1. The molecule has 13 heavy (non-hydrogen) atoms. The van der Waals surface area contributed by atoms with Crippen molar-refractivity contribution in [2.45, 2.75) is 72.1 Å². The third-order valence-corrected chi connectivity index (χ3v) is 3.65. The molecule has 1 aliphatic carbocycles. The van der Waals surface area contributed by atoms with Gasteiger partial charge in [-0.2, -0.15) is 0 Å². The second-order valence-corrected chi connectivity index (χ2v) is 5.22. The van der Waals surface area contributed by atoms with Gasteiger partial charge in [-0.1, -0.05) is 46.5 Å². The molecule has 0 spiro atoms. The molecule has 0 bridgehead atoms. The van der Waals surface area contributed by atoms with Crippen LogP contribution in [-0.4, -0.2) is 0 Å². The molecule has 0 aromatic carbocycles. The van der Waals surface area contributed by atoms with Crippen LogP contribution in [0.5, 0.6) is 0 Å². The van der Waals surface area contributed by atoms with E-state index in [2.05, 4.69) is 20.8 Å². The smallest absolute Gasteiger partial charge is 0.0292 e. The van der Waals surface area contributed by atoms with Crippen LogP contribution >= 0.6 is 0 Å². The van der Waals surface area contributed by atoms with Gasteiger partial charge in [0.25, 0.3) is 0 Å². The molecule has 78 valence electrons. The van der Waals surface area contributed by atoms with Crippen LogP contribution in [0.3, 0.4) is 0 Å². The van der Waals surface area contributed by atoms with Gasteiger partial charge in [0, 0.05) is 0 Å². The van der Waals surface area contributed by atoms with Crippen molar-refractivity contribution >= 4 is 0 Å². The van der Waals surface area contributed by atoms with E-state index in [1.807, 2.05) is 0 Å². The molecule has 0 N–H and O–H groups in total. The molecule has 0 saturated heterocycles. The van der Waals surface area contributed by atoms with Crippen molar-refractivity contribution in [3.05, 3.63) is 0 Å². The quantitative estimate of drug-likeness (QED) is 0.518. The predicted molar refractivity (Wildman–Crippen MR) is 59.9 cm³/mol. The Kier molecular flexibility index (Phi) is 4.28. The van der Waals surface area contributed by atoms with Crippen molar-refractivity contribution in [1.29, 1.82) is 0 Å². The summed E-state index contributed by atoms with van der Waals surface area (Å²) in [6.07, 6.45) is 11.7. The molecule has 1 aliphatic rings. The highest BCUT2D eigenvalue weighted by atomic mass is 14.4. The molecule has 0 heterocycles. The third kappa shape index (κ3) is 3.00. The van der Waals surface area contributed by atoms with E-state index in [-0.39, 0.29) is 0 Å². The Labute approximate surface area is 84.1 Å². The van der Waals surface area contributed by atoms with Crippen LogP contribution in [0, 0.1) is 11.3 Å². The molecule has 1 fully saturated rings. The predicted octanol–water partition coefficient (Wildman–Crippen LogP) is 4.78. The van der Waals surface area contributed by atoms with Gasteiger partial charge in [-0.3, -0.25) is 0 Å². The minimum Gasteiger partial charge on any atom is -0.0654 e. The number of rotatable bonds is 6. The minimum absolute atomic E-state index is 0.795. The van der Waals surface area contributed by atoms with E-state index in [0.717, 1.165) is 11.3 Å². The van der Waals surface area contributed by atoms with Crippen molar-refractivity contribution in [1.82, 2.24) is 0 Å². The second-order valence-electron chi connectivity index (χ2n) is 5.22. The Morgan fingerprint density at radius 2 is 1.69 bits per heavy atom. The summed E-state index contributed by atoms with van der Waals surface area (Å²) in [6, 6.07) is 0. The zero-order valence-corrected chi connectivity index (χ0v) is 9.73. The van der Waals surface area contributed by atoms with Gasteiger partial charge in [-0.15, -0.1) is 0 Å². The maximum absolute atomic E-state index is 2.41. The van der Waals surface area contributed by atoms with Gasteiger partial charge in [0.15, 0.2) is 0 Å². The molecule has 1 saturated carbocycles. The van der Waals surface area contributed by atoms with Gasteiger partial charge in [0.1, 0.15) is 0 Å². The highest BCUT2D eigenvalue weighted by molar-refractivity contribution is 4.91. The first-order valence-electron chi connectivity index (χ1n) is 6.22. The molecule has 0 unspecified atom stereocenters. The van der Waals surface area contributed by atoms with Gasteiger partial charge in [-0.05, 0) is 37.0 Å². The van der Waals surface area contributed by atoms with E-state index in [1.165, 1.54) is 51.4 Å². The van der Waals surface area contributed by atoms with E-state index < -0.39 is 0 Å². The van der Waals surface area contributed by atoms with Crippen LogP contribution in [-0.2, 0) is 0 Å². The molecule has 0 heteroatoms. The first-order valence-corrected chi connectivity index (χ1v) is 6.22. The maximum atomic E-state index is 2.41. The molecular formula is C13H26. The van der Waals surface area contributed by atoms with E-state index in [9.17, 15) is 0 Å². The highest BCUT2D eigenvalue weighted by Gasteiger charge is 2.39. The number of unbranched alkanes of at least 4 members (excludes halogenated alkanes) is 2. The molecule has 0 atom stereocenters. The summed E-state index contributed by atoms with van der Waals surface area (Å²) in [4.78, 5) is 0. The minimum atomic E-state index is 0.795. The lowest BCUT2D eigenvalue weighted by atomic mass is 9.58. The normalized spacial score (nSPS) is 33.0. The molecule has 0 radical (unpaired) electrons. The van der Waals surface area contributed by atoms with Crippen LogP contribution < -0.4 is 0 Å². The van der Waals surface area contributed by atoms with Crippen LogP contribution in [0.1, 0.15) is 72.1 Å². The van der Waals surface area contributed by atoms with Crippen LogP contribution in [0.15, 0.2) is 0 Å². The Hall–Kier alpha value is 0. The van der Waals surface area contributed by atoms with Crippen molar-refractivity contribution in [3.63, 3.8) is 0 Å². The van der Waals surface area contributed by atoms with Crippen molar-refractivity contribution < 1.29 is 0 Å². The van der Waals surface area contributed by atoms with Gasteiger partial charge in [0.05, 0.1) is 0 Å². The summed E-state index contributed by atoms with van der Waals surface area (Å²) in [5, 5.41) is 0. The van der Waals surface area contributed by atoms with Gasteiger partial charge in [0.2, 0.25) is 0 Å². The molecule has 0 aromatic heterocycles. The van der Waals surface area contributed by atoms with Crippen LogP contribution in [0.25, 0.3) is 0 Å². The van der Waals surface area contributed by atoms with E-state index in [4.69, 9.17) is 0 Å². The fourth-order valence-electron chi connectivity index (χ4n) is 3.23. The number of hydrogen-bond donors (Lipinski definition) is 0. The zero-order valence-electron chi connectivity index (χ0n) is 9.73. The standard InChI is InChI=1S/C13H26/c1-4-6-7-9-13(8-5-2)10-12(3)11-13/h12H,4-11H2,1-3H3. The molecule has 1 rings (SSSR count). The Balaban J connectivity index is 2.23. The van der Waals surface area contributed by atoms with E-state index in [1.54, 1.807) is 0 Å². The third-order valence-electron chi connectivity index (χ3n) is 3.65. The summed E-state index contributed by atoms with van der Waals surface area (Å²) >= 11 is 0. The molecule has 0 aromatic rings. The first-order chi connectivity index (χ1) is 6.22. The average molecular weight is 182 g/mol. The Morgan fingerprint density at radius 3 is 2.15 bits per heavy atom. The molecule has 0 amide bonds. The van der Waals surface area contributed by atoms with Crippen molar-refractivity contribution in [3.8, 4) is 0 Å². The van der Waals surface area contributed by atoms with Crippen LogP contribution in [0.4, 0.5) is 0 Å². The highest BCUT2D eigenvalue weighted by Crippen LogP contribution is 2.52. The fourth-order valence-corrected chi connectivity index (χ4v) is 3.23. The summed E-state index contributed by atoms with van der Waals surface area (Å²) in [7, 11) is 0. The average Bonchev–Trinajstić information content (AvgIpc) is 2.03. The molecular weight excluding hydrogens is 156 g/mol. The Bertz CT molecular complexity index is 125. The first kappa shape index (κ1) is 11.1. The van der Waals surface area contributed by atoms with Crippen molar-refractivity contribution in [2.75, 3.05) is 0 Å². The summed E-state index contributed by atoms with van der Waals surface area (Å²) in [6.45, 7) is 7.05.